The Morgan fingerprint density at radius 2 is 2.05 bits per heavy atom. The predicted molar refractivity (Wildman–Crippen MR) is 82.2 cm³/mol. The van der Waals surface area contributed by atoms with Gasteiger partial charge in [-0.05, 0) is 38.4 Å². The maximum atomic E-state index is 11.4. The molecule has 0 atom stereocenters. The van der Waals surface area contributed by atoms with Crippen LogP contribution in [0.25, 0.3) is 0 Å². The van der Waals surface area contributed by atoms with Gasteiger partial charge in [-0.3, -0.25) is 0 Å². The lowest BCUT2D eigenvalue weighted by molar-refractivity contribution is 0.419. The van der Waals surface area contributed by atoms with Crippen LogP contribution in [0.3, 0.4) is 0 Å². The molecule has 0 aliphatic carbocycles. The molecule has 0 saturated carbocycles. The van der Waals surface area contributed by atoms with Crippen LogP contribution in [0.5, 0.6) is 0 Å². The summed E-state index contributed by atoms with van der Waals surface area (Å²) in [5.74, 6) is 0. The predicted octanol–water partition coefficient (Wildman–Crippen LogP) is 2.13. The number of nitrogens with one attached hydrogen (secondary N) is 1. The summed E-state index contributed by atoms with van der Waals surface area (Å²) < 4.78 is 24.3. The van der Waals surface area contributed by atoms with Crippen LogP contribution < -0.4 is 5.32 Å². The maximum Gasteiger partial charge on any atom is 0.211 e. The molecule has 0 aromatic carbocycles. The van der Waals surface area contributed by atoms with E-state index in [2.05, 4.69) is 25.2 Å². The molecule has 0 spiro atoms. The fourth-order valence-electron chi connectivity index (χ4n) is 2.02. The van der Waals surface area contributed by atoms with Crippen LogP contribution >= 0.6 is 11.3 Å². The summed E-state index contributed by atoms with van der Waals surface area (Å²) in [5, 5.41) is 3.37. The van der Waals surface area contributed by atoms with Crippen LogP contribution in [0.1, 0.15) is 28.7 Å². The zero-order valence-corrected chi connectivity index (χ0v) is 13.8. The molecule has 1 N–H and O–H groups in total. The first-order valence-electron chi connectivity index (χ1n) is 6.56. The van der Waals surface area contributed by atoms with Gasteiger partial charge in [0.1, 0.15) is 0 Å². The number of hydrogen-bond acceptors (Lipinski definition) is 4. The molecule has 110 valence electrons. The number of hydrogen-bond donors (Lipinski definition) is 1. The van der Waals surface area contributed by atoms with Gasteiger partial charge in [0.2, 0.25) is 10.0 Å². The standard InChI is InChI=1S/C13H24N2O2S2/c1-5-15(19(4,16)17)8-6-7-14-10-13-9-11(2)18-12(13)3/h9,14H,5-8,10H2,1-4H3. The molecule has 0 fully saturated rings. The highest BCUT2D eigenvalue weighted by atomic mass is 32.2. The second kappa shape index (κ2) is 7.38. The Hall–Kier alpha value is -0.430. The lowest BCUT2D eigenvalue weighted by Gasteiger charge is -2.17. The van der Waals surface area contributed by atoms with E-state index < -0.39 is 10.0 Å². The molecule has 0 radical (unpaired) electrons. The molecule has 0 aliphatic heterocycles. The van der Waals surface area contributed by atoms with E-state index in [-0.39, 0.29) is 0 Å². The van der Waals surface area contributed by atoms with E-state index in [0.717, 1.165) is 19.5 Å². The fourth-order valence-corrected chi connectivity index (χ4v) is 3.90. The fraction of sp³-hybridized carbons (Fsp3) is 0.692. The van der Waals surface area contributed by atoms with Gasteiger partial charge in [0, 0.05) is 29.4 Å². The van der Waals surface area contributed by atoms with Gasteiger partial charge in [0.25, 0.3) is 0 Å². The highest BCUT2D eigenvalue weighted by molar-refractivity contribution is 7.88. The summed E-state index contributed by atoms with van der Waals surface area (Å²) in [7, 11) is -3.05. The van der Waals surface area contributed by atoms with Gasteiger partial charge in [0.05, 0.1) is 6.26 Å². The first-order valence-corrected chi connectivity index (χ1v) is 9.22. The first-order chi connectivity index (χ1) is 8.84. The van der Waals surface area contributed by atoms with Crippen LogP contribution in [0.4, 0.5) is 0 Å². The van der Waals surface area contributed by atoms with Gasteiger partial charge in [-0.2, -0.15) is 0 Å². The zero-order chi connectivity index (χ0) is 14.5. The van der Waals surface area contributed by atoms with Crippen molar-refractivity contribution in [2.75, 3.05) is 25.9 Å². The van der Waals surface area contributed by atoms with Crippen molar-refractivity contribution in [1.29, 1.82) is 0 Å². The average Bonchev–Trinajstić information content (AvgIpc) is 2.60. The number of thiophene rings is 1. The van der Waals surface area contributed by atoms with Gasteiger partial charge in [-0.15, -0.1) is 11.3 Å². The van der Waals surface area contributed by atoms with E-state index >= 15 is 0 Å². The number of rotatable bonds is 8. The molecule has 0 saturated heterocycles. The van der Waals surface area contributed by atoms with Crippen LogP contribution in [-0.4, -0.2) is 38.6 Å². The molecule has 6 heteroatoms. The molecule has 19 heavy (non-hydrogen) atoms. The first kappa shape index (κ1) is 16.6. The van der Waals surface area contributed by atoms with Gasteiger partial charge >= 0.3 is 0 Å². The maximum absolute atomic E-state index is 11.4. The van der Waals surface area contributed by atoms with E-state index in [4.69, 9.17) is 0 Å². The van der Waals surface area contributed by atoms with Crippen LogP contribution in [0.15, 0.2) is 6.07 Å². The number of sulfonamides is 1. The Bertz CT molecular complexity index is 495. The highest BCUT2D eigenvalue weighted by Gasteiger charge is 2.12. The van der Waals surface area contributed by atoms with Crippen molar-refractivity contribution in [3.05, 3.63) is 21.4 Å². The monoisotopic (exact) mass is 304 g/mol. The van der Waals surface area contributed by atoms with Crippen LogP contribution in [0, 0.1) is 13.8 Å². The Kier molecular flexibility index (Phi) is 6.46. The van der Waals surface area contributed by atoms with Crippen molar-refractivity contribution >= 4 is 21.4 Å². The van der Waals surface area contributed by atoms with Crippen molar-refractivity contribution in [2.45, 2.75) is 33.7 Å². The summed E-state index contributed by atoms with van der Waals surface area (Å²) >= 11 is 1.82. The van der Waals surface area contributed by atoms with Crippen molar-refractivity contribution < 1.29 is 8.42 Å². The van der Waals surface area contributed by atoms with Crippen molar-refractivity contribution in [1.82, 2.24) is 9.62 Å². The second-order valence-electron chi connectivity index (χ2n) is 4.72. The lowest BCUT2D eigenvalue weighted by atomic mass is 10.2. The Balaban J connectivity index is 2.26. The van der Waals surface area contributed by atoms with E-state index in [0.29, 0.717) is 13.1 Å². The van der Waals surface area contributed by atoms with Gasteiger partial charge in [-0.25, -0.2) is 12.7 Å². The quantitative estimate of drug-likeness (QED) is 0.749. The molecular formula is C13H24N2O2S2. The minimum atomic E-state index is -3.05. The smallest absolute Gasteiger partial charge is 0.211 e. The molecule has 0 amide bonds. The topological polar surface area (TPSA) is 49.4 Å². The number of aryl methyl sites for hydroxylation is 2. The van der Waals surface area contributed by atoms with E-state index in [1.165, 1.54) is 25.9 Å². The third kappa shape index (κ3) is 5.60. The van der Waals surface area contributed by atoms with Crippen molar-refractivity contribution in [3.8, 4) is 0 Å². The van der Waals surface area contributed by atoms with Crippen molar-refractivity contribution in [2.24, 2.45) is 0 Å². The van der Waals surface area contributed by atoms with E-state index in [1.807, 2.05) is 18.3 Å². The van der Waals surface area contributed by atoms with Crippen molar-refractivity contribution in [3.63, 3.8) is 0 Å². The molecule has 0 aliphatic rings. The molecule has 1 aromatic rings. The molecular weight excluding hydrogens is 280 g/mol. The normalized spacial score (nSPS) is 12.3. The van der Waals surface area contributed by atoms with Gasteiger partial charge in [0.15, 0.2) is 0 Å². The van der Waals surface area contributed by atoms with Gasteiger partial charge in [-0.1, -0.05) is 6.92 Å². The third-order valence-corrected chi connectivity index (χ3v) is 5.43. The molecule has 4 nitrogen and oxygen atoms in total. The van der Waals surface area contributed by atoms with Crippen LogP contribution in [-0.2, 0) is 16.6 Å². The Morgan fingerprint density at radius 1 is 1.37 bits per heavy atom. The van der Waals surface area contributed by atoms with Crippen LogP contribution in [0.2, 0.25) is 0 Å². The molecule has 0 unspecified atom stereocenters. The molecule has 1 heterocycles. The Labute approximate surface area is 120 Å². The van der Waals surface area contributed by atoms with Gasteiger partial charge < -0.3 is 5.32 Å². The second-order valence-corrected chi connectivity index (χ2v) is 8.17. The summed E-state index contributed by atoms with van der Waals surface area (Å²) in [4.78, 5) is 2.69. The minimum absolute atomic E-state index is 0.543. The van der Waals surface area contributed by atoms with E-state index in [9.17, 15) is 8.42 Å². The summed E-state index contributed by atoms with van der Waals surface area (Å²) in [6.45, 7) is 8.95. The molecule has 0 bridgehead atoms. The SMILES string of the molecule is CCN(CCCNCc1cc(C)sc1C)S(C)(=O)=O. The van der Waals surface area contributed by atoms with E-state index in [1.54, 1.807) is 0 Å². The Morgan fingerprint density at radius 3 is 2.53 bits per heavy atom. The summed E-state index contributed by atoms with van der Waals surface area (Å²) in [6.07, 6.45) is 2.10. The highest BCUT2D eigenvalue weighted by Crippen LogP contribution is 2.20. The summed E-state index contributed by atoms with van der Waals surface area (Å²) in [6, 6.07) is 2.21. The molecule has 1 rings (SSSR count). The average molecular weight is 304 g/mol. The third-order valence-electron chi connectivity index (χ3n) is 3.04. The minimum Gasteiger partial charge on any atom is -0.313 e. The largest absolute Gasteiger partial charge is 0.313 e. The lowest BCUT2D eigenvalue weighted by Crippen LogP contribution is -2.32. The summed E-state index contributed by atoms with van der Waals surface area (Å²) in [5.41, 5.74) is 1.35. The molecule has 1 aromatic heterocycles. The number of nitrogens with zero attached hydrogens (tertiary/aromatic N) is 1. The zero-order valence-electron chi connectivity index (χ0n) is 12.2.